The number of rotatable bonds is 6. The Hall–Kier alpha value is -0.870. The maximum Gasteiger partial charge on any atom is 0.0590 e. The van der Waals surface area contributed by atoms with Crippen molar-refractivity contribution in [3.63, 3.8) is 0 Å². The molecule has 0 unspecified atom stereocenters. The minimum atomic E-state index is 0.775. The predicted molar refractivity (Wildman–Crippen MR) is 51.4 cm³/mol. The molecule has 4 nitrogen and oxygen atoms in total. The molecule has 0 spiro atoms. The van der Waals surface area contributed by atoms with Gasteiger partial charge in [-0.3, -0.25) is 4.68 Å². The smallest absolute Gasteiger partial charge is 0.0590 e. The van der Waals surface area contributed by atoms with Gasteiger partial charge in [-0.1, -0.05) is 0 Å². The quantitative estimate of drug-likeness (QED) is 0.654. The van der Waals surface area contributed by atoms with Crippen LogP contribution in [0.1, 0.15) is 12.5 Å². The Balaban J connectivity index is 2.06. The topological polar surface area (TPSA) is 39.1 Å². The highest BCUT2D eigenvalue weighted by atomic mass is 16.5. The van der Waals surface area contributed by atoms with Crippen LogP contribution in [0.5, 0.6) is 0 Å². The maximum absolute atomic E-state index is 5.19. The third-order valence-electron chi connectivity index (χ3n) is 1.71. The van der Waals surface area contributed by atoms with Gasteiger partial charge in [0.05, 0.1) is 12.8 Å². The molecule has 0 aliphatic rings. The molecule has 0 aliphatic carbocycles. The van der Waals surface area contributed by atoms with Gasteiger partial charge in [-0.25, -0.2) is 0 Å². The average molecular weight is 183 g/mol. The lowest BCUT2D eigenvalue weighted by atomic mass is 10.3. The average Bonchev–Trinajstić information content (AvgIpc) is 2.51. The molecular formula is C9H17N3O. The van der Waals surface area contributed by atoms with E-state index in [4.69, 9.17) is 4.74 Å². The minimum Gasteiger partial charge on any atom is -0.380 e. The van der Waals surface area contributed by atoms with Crippen LogP contribution in [0.3, 0.4) is 0 Å². The van der Waals surface area contributed by atoms with Crippen LogP contribution in [0.2, 0.25) is 0 Å². The van der Waals surface area contributed by atoms with Gasteiger partial charge in [-0.2, -0.15) is 5.10 Å². The van der Waals surface area contributed by atoms with E-state index in [1.165, 1.54) is 5.56 Å². The zero-order chi connectivity index (χ0) is 9.52. The first-order valence-electron chi connectivity index (χ1n) is 4.59. The molecule has 0 saturated carbocycles. The predicted octanol–water partition coefficient (Wildman–Crippen LogP) is 0.546. The molecular weight excluding hydrogens is 166 g/mol. The fourth-order valence-corrected chi connectivity index (χ4v) is 1.08. The van der Waals surface area contributed by atoms with Crippen molar-refractivity contribution in [3.8, 4) is 0 Å². The summed E-state index contributed by atoms with van der Waals surface area (Å²) in [6.07, 6.45) is 3.88. The van der Waals surface area contributed by atoms with E-state index in [-0.39, 0.29) is 0 Å². The zero-order valence-corrected chi connectivity index (χ0v) is 8.29. The van der Waals surface area contributed by atoms with Crippen molar-refractivity contribution < 1.29 is 4.74 Å². The van der Waals surface area contributed by atoms with Gasteiger partial charge >= 0.3 is 0 Å². The van der Waals surface area contributed by atoms with Crippen molar-refractivity contribution in [2.75, 3.05) is 19.8 Å². The van der Waals surface area contributed by atoms with Crippen LogP contribution < -0.4 is 5.32 Å². The van der Waals surface area contributed by atoms with Crippen molar-refractivity contribution >= 4 is 0 Å². The Morgan fingerprint density at radius 2 is 2.46 bits per heavy atom. The summed E-state index contributed by atoms with van der Waals surface area (Å²) in [5.74, 6) is 0. The van der Waals surface area contributed by atoms with Gasteiger partial charge < -0.3 is 10.1 Å². The first-order valence-corrected chi connectivity index (χ1v) is 4.59. The van der Waals surface area contributed by atoms with Gasteiger partial charge in [0.2, 0.25) is 0 Å². The van der Waals surface area contributed by atoms with Crippen molar-refractivity contribution in [2.24, 2.45) is 7.05 Å². The third-order valence-corrected chi connectivity index (χ3v) is 1.71. The number of nitrogens with zero attached hydrogens (tertiary/aromatic N) is 2. The van der Waals surface area contributed by atoms with Gasteiger partial charge in [-0.05, 0) is 6.92 Å². The second-order valence-electron chi connectivity index (χ2n) is 2.90. The molecule has 0 amide bonds. The van der Waals surface area contributed by atoms with Crippen molar-refractivity contribution in [1.82, 2.24) is 15.1 Å². The van der Waals surface area contributed by atoms with Crippen molar-refractivity contribution in [1.29, 1.82) is 0 Å². The molecule has 0 atom stereocenters. The van der Waals surface area contributed by atoms with Gasteiger partial charge in [0.1, 0.15) is 0 Å². The van der Waals surface area contributed by atoms with Crippen LogP contribution in [-0.2, 0) is 18.3 Å². The second-order valence-corrected chi connectivity index (χ2v) is 2.90. The molecule has 1 aromatic heterocycles. The molecule has 1 N–H and O–H groups in total. The Morgan fingerprint density at radius 1 is 1.62 bits per heavy atom. The monoisotopic (exact) mass is 183 g/mol. The lowest BCUT2D eigenvalue weighted by Gasteiger charge is -2.02. The molecule has 0 bridgehead atoms. The van der Waals surface area contributed by atoms with E-state index in [0.717, 1.165) is 26.3 Å². The molecule has 1 aromatic rings. The lowest BCUT2D eigenvalue weighted by Crippen LogP contribution is -2.18. The van der Waals surface area contributed by atoms with E-state index in [0.29, 0.717) is 0 Å². The summed E-state index contributed by atoms with van der Waals surface area (Å²) in [5, 5.41) is 7.35. The van der Waals surface area contributed by atoms with E-state index in [1.54, 1.807) is 4.68 Å². The van der Waals surface area contributed by atoms with Crippen LogP contribution in [0.4, 0.5) is 0 Å². The molecule has 0 aromatic carbocycles. The van der Waals surface area contributed by atoms with Crippen LogP contribution in [0.15, 0.2) is 12.4 Å². The standard InChI is InChI=1S/C9H17N3O/c1-3-13-5-4-10-6-9-7-11-12(2)8-9/h7-8,10H,3-6H2,1-2H3. The number of aryl methyl sites for hydroxylation is 1. The lowest BCUT2D eigenvalue weighted by molar-refractivity contribution is 0.149. The van der Waals surface area contributed by atoms with Crippen molar-refractivity contribution in [3.05, 3.63) is 18.0 Å². The molecule has 74 valence electrons. The molecule has 0 radical (unpaired) electrons. The van der Waals surface area contributed by atoms with Gasteiger partial charge in [-0.15, -0.1) is 0 Å². The van der Waals surface area contributed by atoms with Crippen LogP contribution in [0.25, 0.3) is 0 Å². The third kappa shape index (κ3) is 4.05. The summed E-state index contributed by atoms with van der Waals surface area (Å²) in [6.45, 7) is 5.32. The second kappa shape index (κ2) is 5.72. The maximum atomic E-state index is 5.19. The number of aromatic nitrogens is 2. The Bertz CT molecular complexity index is 235. The van der Waals surface area contributed by atoms with E-state index < -0.39 is 0 Å². The number of hydrogen-bond donors (Lipinski definition) is 1. The van der Waals surface area contributed by atoms with E-state index in [9.17, 15) is 0 Å². The number of hydrogen-bond acceptors (Lipinski definition) is 3. The molecule has 4 heteroatoms. The SMILES string of the molecule is CCOCCNCc1cnn(C)c1. The molecule has 13 heavy (non-hydrogen) atoms. The summed E-state index contributed by atoms with van der Waals surface area (Å²) in [7, 11) is 1.92. The summed E-state index contributed by atoms with van der Waals surface area (Å²) >= 11 is 0. The van der Waals surface area contributed by atoms with Crippen molar-refractivity contribution in [2.45, 2.75) is 13.5 Å². The van der Waals surface area contributed by atoms with E-state index in [1.807, 2.05) is 26.4 Å². The Morgan fingerprint density at radius 3 is 3.08 bits per heavy atom. The minimum absolute atomic E-state index is 0.775. The largest absolute Gasteiger partial charge is 0.380 e. The molecule has 1 rings (SSSR count). The molecule has 0 fully saturated rings. The summed E-state index contributed by atoms with van der Waals surface area (Å²) < 4.78 is 7.00. The summed E-state index contributed by atoms with van der Waals surface area (Å²) in [5.41, 5.74) is 1.21. The zero-order valence-electron chi connectivity index (χ0n) is 8.29. The highest BCUT2D eigenvalue weighted by molar-refractivity contribution is 5.02. The highest BCUT2D eigenvalue weighted by Crippen LogP contribution is 1.93. The van der Waals surface area contributed by atoms with Crippen LogP contribution in [0, 0.1) is 0 Å². The highest BCUT2D eigenvalue weighted by Gasteiger charge is 1.94. The molecule has 0 saturated heterocycles. The summed E-state index contributed by atoms with van der Waals surface area (Å²) in [4.78, 5) is 0. The van der Waals surface area contributed by atoms with E-state index >= 15 is 0 Å². The Labute approximate surface area is 78.9 Å². The van der Waals surface area contributed by atoms with Gasteiger partial charge in [0.15, 0.2) is 0 Å². The molecule has 1 heterocycles. The number of ether oxygens (including phenoxy) is 1. The normalized spacial score (nSPS) is 10.6. The molecule has 0 aliphatic heterocycles. The fourth-order valence-electron chi connectivity index (χ4n) is 1.08. The first-order chi connectivity index (χ1) is 6.33. The van der Waals surface area contributed by atoms with Crippen LogP contribution in [-0.4, -0.2) is 29.5 Å². The summed E-state index contributed by atoms with van der Waals surface area (Å²) in [6, 6.07) is 0. The fraction of sp³-hybridized carbons (Fsp3) is 0.667. The van der Waals surface area contributed by atoms with Crippen LogP contribution >= 0.6 is 0 Å². The van der Waals surface area contributed by atoms with Gasteiger partial charge in [0.25, 0.3) is 0 Å². The van der Waals surface area contributed by atoms with E-state index in [2.05, 4.69) is 10.4 Å². The number of nitrogens with one attached hydrogen (secondary N) is 1. The Kier molecular flexibility index (Phi) is 4.49. The van der Waals surface area contributed by atoms with Gasteiger partial charge in [0, 0.05) is 38.5 Å². The first kappa shape index (κ1) is 10.2.